The first-order valence-corrected chi connectivity index (χ1v) is 13.1. The molecule has 2 heterocycles. The molecule has 0 aliphatic carbocycles. The average molecular weight is 545 g/mol. The molecule has 0 spiro atoms. The minimum Gasteiger partial charge on any atom is -0.371 e. The van der Waals surface area contributed by atoms with E-state index in [1.165, 1.54) is 21.2 Å². The SMILES string of the molecule is CN(C(=O)c1cc(N2CC(CCCOSI)C2)ccc1C=O)C1CCC(=O)NC1=O. The predicted molar refractivity (Wildman–Crippen MR) is 123 cm³/mol. The topological polar surface area (TPSA) is 96.0 Å². The molecule has 3 amide bonds. The van der Waals surface area contributed by atoms with Crippen molar-refractivity contribution in [1.82, 2.24) is 10.2 Å². The molecule has 8 nitrogen and oxygen atoms in total. The van der Waals surface area contributed by atoms with Crippen LogP contribution in [0.25, 0.3) is 0 Å². The van der Waals surface area contributed by atoms with E-state index >= 15 is 0 Å². The van der Waals surface area contributed by atoms with Gasteiger partial charge in [0.1, 0.15) is 6.04 Å². The Morgan fingerprint density at radius 2 is 2.17 bits per heavy atom. The zero-order valence-corrected chi connectivity index (χ0v) is 19.6. The lowest BCUT2D eigenvalue weighted by molar-refractivity contribution is -0.136. The van der Waals surface area contributed by atoms with Crippen molar-refractivity contribution in [2.75, 3.05) is 31.6 Å². The Morgan fingerprint density at radius 1 is 1.40 bits per heavy atom. The maximum absolute atomic E-state index is 13.1. The molecule has 2 aliphatic heterocycles. The van der Waals surface area contributed by atoms with Gasteiger partial charge in [0.15, 0.2) is 6.29 Å². The van der Waals surface area contributed by atoms with Gasteiger partial charge in [-0.3, -0.25) is 24.5 Å². The summed E-state index contributed by atoms with van der Waals surface area (Å²) in [7, 11) is 2.88. The zero-order valence-electron chi connectivity index (χ0n) is 16.6. The highest BCUT2D eigenvalue weighted by Crippen LogP contribution is 2.30. The maximum Gasteiger partial charge on any atom is 0.255 e. The van der Waals surface area contributed by atoms with Gasteiger partial charge >= 0.3 is 0 Å². The fourth-order valence-corrected chi connectivity index (χ4v) is 4.56. The third kappa shape index (κ3) is 5.33. The molecule has 1 unspecified atom stereocenters. The Morgan fingerprint density at radius 3 is 2.83 bits per heavy atom. The fourth-order valence-electron chi connectivity index (χ4n) is 3.84. The van der Waals surface area contributed by atoms with E-state index in [0.29, 0.717) is 12.2 Å². The zero-order chi connectivity index (χ0) is 21.7. The minimum atomic E-state index is -0.727. The number of rotatable bonds is 9. The number of likely N-dealkylation sites (N-methyl/N-ethyl adjacent to an activating group) is 1. The molecule has 162 valence electrons. The van der Waals surface area contributed by atoms with Crippen LogP contribution in [0.2, 0.25) is 0 Å². The molecule has 0 aromatic heterocycles. The summed E-state index contributed by atoms with van der Waals surface area (Å²) in [6.07, 6.45) is 3.21. The quantitative estimate of drug-likeness (QED) is 0.168. The van der Waals surface area contributed by atoms with Crippen molar-refractivity contribution in [3.05, 3.63) is 29.3 Å². The summed E-state index contributed by atoms with van der Waals surface area (Å²) in [5.74, 6) is -0.635. The molecule has 30 heavy (non-hydrogen) atoms. The third-order valence-corrected chi connectivity index (χ3v) is 6.62. The number of hydrogen-bond acceptors (Lipinski definition) is 7. The largest absolute Gasteiger partial charge is 0.371 e. The second-order valence-electron chi connectivity index (χ2n) is 7.57. The van der Waals surface area contributed by atoms with Crippen molar-refractivity contribution in [3.8, 4) is 0 Å². The van der Waals surface area contributed by atoms with Crippen LogP contribution in [0.4, 0.5) is 5.69 Å². The molecule has 2 aliphatic rings. The van der Waals surface area contributed by atoms with Crippen LogP contribution in [0.5, 0.6) is 0 Å². The van der Waals surface area contributed by atoms with Gasteiger partial charge in [-0.25, -0.2) is 0 Å². The van der Waals surface area contributed by atoms with Crippen LogP contribution in [-0.4, -0.2) is 61.7 Å². The fraction of sp³-hybridized carbons (Fsp3) is 0.500. The molecule has 1 N–H and O–H groups in total. The highest BCUT2D eigenvalue weighted by atomic mass is 127. The molecule has 0 saturated carbocycles. The van der Waals surface area contributed by atoms with Crippen molar-refractivity contribution in [2.45, 2.75) is 31.7 Å². The van der Waals surface area contributed by atoms with Crippen LogP contribution in [0.1, 0.15) is 46.4 Å². The number of hydrogen-bond donors (Lipinski definition) is 1. The predicted octanol–water partition coefficient (Wildman–Crippen LogP) is 2.61. The lowest BCUT2D eigenvalue weighted by Gasteiger charge is -2.41. The van der Waals surface area contributed by atoms with Crippen molar-refractivity contribution in [1.29, 1.82) is 0 Å². The van der Waals surface area contributed by atoms with E-state index < -0.39 is 17.9 Å². The molecule has 0 radical (unpaired) electrons. The van der Waals surface area contributed by atoms with Gasteiger partial charge in [-0.05, 0) is 43.4 Å². The second-order valence-corrected chi connectivity index (χ2v) is 9.01. The van der Waals surface area contributed by atoms with Gasteiger partial charge in [0.05, 0.1) is 21.4 Å². The van der Waals surface area contributed by atoms with Crippen LogP contribution in [0.3, 0.4) is 0 Å². The monoisotopic (exact) mass is 545 g/mol. The molecule has 1 aromatic carbocycles. The molecule has 1 atom stereocenters. The number of imide groups is 1. The Labute approximate surface area is 191 Å². The number of anilines is 1. The number of carbonyl (C=O) groups is 4. The summed E-state index contributed by atoms with van der Waals surface area (Å²) in [4.78, 5) is 51.6. The Bertz CT molecular complexity index is 831. The number of amides is 3. The number of carbonyl (C=O) groups excluding carboxylic acids is 4. The molecule has 1 aromatic rings. The number of halogens is 1. The lowest BCUT2D eigenvalue weighted by atomic mass is 9.93. The Balaban J connectivity index is 1.66. The Kier molecular flexibility index (Phi) is 8.12. The average Bonchev–Trinajstić information content (AvgIpc) is 2.71. The van der Waals surface area contributed by atoms with Gasteiger partial charge in [0.2, 0.25) is 11.8 Å². The highest BCUT2D eigenvalue weighted by Gasteiger charge is 2.34. The van der Waals surface area contributed by atoms with Gasteiger partial charge in [0.25, 0.3) is 5.91 Å². The molecule has 2 fully saturated rings. The van der Waals surface area contributed by atoms with Gasteiger partial charge < -0.3 is 14.0 Å². The van der Waals surface area contributed by atoms with Crippen LogP contribution in [0.15, 0.2) is 18.2 Å². The van der Waals surface area contributed by atoms with E-state index in [0.717, 1.165) is 38.2 Å². The minimum absolute atomic E-state index is 0.186. The van der Waals surface area contributed by atoms with Crippen molar-refractivity contribution >= 4 is 60.1 Å². The lowest BCUT2D eigenvalue weighted by Crippen LogP contribution is -2.53. The van der Waals surface area contributed by atoms with Crippen molar-refractivity contribution in [2.24, 2.45) is 5.92 Å². The summed E-state index contributed by atoms with van der Waals surface area (Å²) in [5, 5.41) is 2.26. The summed E-state index contributed by atoms with van der Waals surface area (Å²) in [6.45, 7) is 2.53. The molecular weight excluding hydrogens is 521 g/mol. The molecule has 10 heteroatoms. The first kappa shape index (κ1) is 23.0. The summed E-state index contributed by atoms with van der Waals surface area (Å²) in [6, 6.07) is 4.49. The van der Waals surface area contributed by atoms with E-state index in [9.17, 15) is 19.2 Å². The van der Waals surface area contributed by atoms with Crippen LogP contribution < -0.4 is 10.2 Å². The van der Waals surface area contributed by atoms with E-state index in [-0.39, 0.29) is 29.9 Å². The number of benzene rings is 1. The number of nitrogens with one attached hydrogen (secondary N) is 1. The molecular formula is C20H24IN3O5S. The third-order valence-electron chi connectivity index (χ3n) is 5.60. The van der Waals surface area contributed by atoms with E-state index in [1.807, 2.05) is 6.07 Å². The number of nitrogens with zero attached hydrogens (tertiary/aromatic N) is 2. The van der Waals surface area contributed by atoms with E-state index in [2.05, 4.69) is 31.4 Å². The summed E-state index contributed by atoms with van der Waals surface area (Å²) < 4.78 is 5.28. The summed E-state index contributed by atoms with van der Waals surface area (Å²) in [5.41, 5.74) is 1.44. The van der Waals surface area contributed by atoms with Crippen LogP contribution >= 0.6 is 30.4 Å². The van der Waals surface area contributed by atoms with Gasteiger partial charge in [-0.2, -0.15) is 0 Å². The Hall–Kier alpha value is -1.66. The second kappa shape index (κ2) is 10.6. The van der Waals surface area contributed by atoms with Gasteiger partial charge in [-0.1, -0.05) is 0 Å². The van der Waals surface area contributed by atoms with Crippen LogP contribution in [0, 0.1) is 5.92 Å². The van der Waals surface area contributed by atoms with Crippen molar-refractivity contribution in [3.63, 3.8) is 0 Å². The molecule has 0 bridgehead atoms. The number of aldehydes is 1. The number of piperidine rings is 1. The molecule has 3 rings (SSSR count). The van der Waals surface area contributed by atoms with E-state index in [1.54, 1.807) is 12.1 Å². The highest BCUT2D eigenvalue weighted by molar-refractivity contribution is 14.2. The van der Waals surface area contributed by atoms with Crippen LogP contribution in [-0.2, 0) is 13.8 Å². The smallest absolute Gasteiger partial charge is 0.255 e. The van der Waals surface area contributed by atoms with Gasteiger partial charge in [-0.15, -0.1) is 0 Å². The first-order chi connectivity index (χ1) is 14.4. The maximum atomic E-state index is 13.1. The molecule has 2 saturated heterocycles. The van der Waals surface area contributed by atoms with Crippen molar-refractivity contribution < 1.29 is 23.4 Å². The van der Waals surface area contributed by atoms with E-state index in [4.69, 9.17) is 4.18 Å². The summed E-state index contributed by atoms with van der Waals surface area (Å²) >= 11 is 2.11. The normalized spacial score (nSPS) is 19.3. The standard InChI is InChI=1S/C20H24IN3O5S/c1-23(17-6-7-18(26)22-19(17)27)20(28)16-9-15(5-4-14(16)12-25)24-10-13(11-24)3-2-8-29-30-21/h4-5,9,12-13,17H,2-3,6-8,10-11H2,1H3,(H,22,26,27). The van der Waals surface area contributed by atoms with Gasteiger partial charge in [0, 0.05) is 59.0 Å². The first-order valence-electron chi connectivity index (χ1n) is 9.79.